The standard InChI is InChI=1S/C18H25IO4/c19-16-11-7-9-14(8-3-1-5-12-17(20)21)15(16)10-4-2-6-13-18(22)23/h7,9,11H,1-6,8,10,12-13H2,(H,20,21)(H,22,23). The number of hydrogen-bond donors (Lipinski definition) is 2. The lowest BCUT2D eigenvalue weighted by Gasteiger charge is -2.12. The van der Waals surface area contributed by atoms with Crippen molar-refractivity contribution in [2.45, 2.75) is 64.2 Å². The van der Waals surface area contributed by atoms with E-state index in [9.17, 15) is 9.59 Å². The molecule has 0 heterocycles. The van der Waals surface area contributed by atoms with E-state index in [1.54, 1.807) is 0 Å². The van der Waals surface area contributed by atoms with E-state index >= 15 is 0 Å². The van der Waals surface area contributed by atoms with Gasteiger partial charge in [0.05, 0.1) is 0 Å². The number of hydrogen-bond acceptors (Lipinski definition) is 2. The van der Waals surface area contributed by atoms with Gasteiger partial charge >= 0.3 is 11.9 Å². The minimum absolute atomic E-state index is 0.252. The molecule has 1 aromatic rings. The van der Waals surface area contributed by atoms with Crippen LogP contribution in [-0.2, 0) is 22.4 Å². The van der Waals surface area contributed by atoms with E-state index in [-0.39, 0.29) is 12.8 Å². The smallest absolute Gasteiger partial charge is 0.303 e. The summed E-state index contributed by atoms with van der Waals surface area (Å²) in [6.07, 6.45) is 7.87. The van der Waals surface area contributed by atoms with Crippen LogP contribution in [0.4, 0.5) is 0 Å². The van der Waals surface area contributed by atoms with Gasteiger partial charge in [-0.2, -0.15) is 0 Å². The number of carboxylic acid groups (broad SMARTS) is 2. The molecule has 0 unspecified atom stereocenters. The van der Waals surface area contributed by atoms with E-state index in [0.717, 1.165) is 51.4 Å². The van der Waals surface area contributed by atoms with E-state index in [0.29, 0.717) is 0 Å². The highest BCUT2D eigenvalue weighted by molar-refractivity contribution is 14.1. The average molecular weight is 432 g/mol. The van der Waals surface area contributed by atoms with Crippen LogP contribution in [0.3, 0.4) is 0 Å². The molecule has 0 saturated carbocycles. The summed E-state index contributed by atoms with van der Waals surface area (Å²) in [5.41, 5.74) is 2.73. The maximum absolute atomic E-state index is 10.5. The van der Waals surface area contributed by atoms with Crippen molar-refractivity contribution in [1.29, 1.82) is 0 Å². The molecule has 1 aromatic carbocycles. The molecule has 0 atom stereocenters. The van der Waals surface area contributed by atoms with E-state index in [1.165, 1.54) is 14.7 Å². The zero-order valence-electron chi connectivity index (χ0n) is 13.4. The zero-order valence-corrected chi connectivity index (χ0v) is 15.5. The second kappa shape index (κ2) is 11.4. The first-order chi connectivity index (χ1) is 11.0. The molecule has 0 aliphatic rings. The highest BCUT2D eigenvalue weighted by Crippen LogP contribution is 2.22. The van der Waals surface area contributed by atoms with Crippen LogP contribution in [-0.4, -0.2) is 22.2 Å². The predicted molar refractivity (Wildman–Crippen MR) is 98.8 cm³/mol. The summed E-state index contributed by atoms with van der Waals surface area (Å²) in [4.78, 5) is 21.0. The van der Waals surface area contributed by atoms with Crippen molar-refractivity contribution in [1.82, 2.24) is 0 Å². The molecule has 0 saturated heterocycles. The lowest BCUT2D eigenvalue weighted by Crippen LogP contribution is -2.00. The van der Waals surface area contributed by atoms with Gasteiger partial charge in [-0.25, -0.2) is 0 Å². The molecule has 0 aliphatic heterocycles. The van der Waals surface area contributed by atoms with Gasteiger partial charge in [0.2, 0.25) is 0 Å². The second-order valence-electron chi connectivity index (χ2n) is 5.79. The summed E-state index contributed by atoms with van der Waals surface area (Å²) in [6.45, 7) is 0. The Morgan fingerprint density at radius 2 is 1.39 bits per heavy atom. The molecule has 1 rings (SSSR count). The summed E-state index contributed by atoms with van der Waals surface area (Å²) in [5, 5.41) is 17.3. The summed E-state index contributed by atoms with van der Waals surface area (Å²) in [6, 6.07) is 6.34. The molecular weight excluding hydrogens is 407 g/mol. The minimum Gasteiger partial charge on any atom is -0.481 e. The summed E-state index contributed by atoms with van der Waals surface area (Å²) < 4.78 is 1.27. The number of aryl methyl sites for hydroxylation is 1. The third kappa shape index (κ3) is 8.93. The number of unbranched alkanes of at least 4 members (excludes halogenated alkanes) is 4. The molecule has 0 aromatic heterocycles. The molecule has 0 amide bonds. The lowest BCUT2D eigenvalue weighted by atomic mass is 9.97. The maximum atomic E-state index is 10.5. The highest BCUT2D eigenvalue weighted by Gasteiger charge is 2.07. The van der Waals surface area contributed by atoms with Gasteiger partial charge in [-0.15, -0.1) is 0 Å². The first-order valence-corrected chi connectivity index (χ1v) is 9.28. The van der Waals surface area contributed by atoms with Crippen LogP contribution in [0.25, 0.3) is 0 Å². The topological polar surface area (TPSA) is 74.6 Å². The molecule has 2 N–H and O–H groups in total. The van der Waals surface area contributed by atoms with Gasteiger partial charge < -0.3 is 10.2 Å². The fraction of sp³-hybridized carbons (Fsp3) is 0.556. The number of rotatable bonds is 12. The van der Waals surface area contributed by atoms with Crippen LogP contribution in [0.1, 0.15) is 62.5 Å². The molecule has 5 heteroatoms. The summed E-state index contributed by atoms with van der Waals surface area (Å²) >= 11 is 2.36. The normalized spacial score (nSPS) is 10.7. The van der Waals surface area contributed by atoms with E-state index in [1.807, 2.05) is 0 Å². The Morgan fingerprint density at radius 1 is 0.826 bits per heavy atom. The fourth-order valence-corrected chi connectivity index (χ4v) is 3.46. The van der Waals surface area contributed by atoms with Crippen molar-refractivity contribution < 1.29 is 19.8 Å². The molecule has 128 valence electrons. The molecule has 0 aliphatic carbocycles. The van der Waals surface area contributed by atoms with Gasteiger partial charge in [0.1, 0.15) is 0 Å². The SMILES string of the molecule is O=C(O)CCCCCc1cccc(I)c1CCCCCC(=O)O. The molecule has 0 bridgehead atoms. The fourth-order valence-electron chi connectivity index (χ4n) is 2.64. The van der Waals surface area contributed by atoms with Crippen molar-refractivity contribution in [3.63, 3.8) is 0 Å². The number of aliphatic carboxylic acids is 2. The van der Waals surface area contributed by atoms with Gasteiger partial charge in [-0.1, -0.05) is 25.0 Å². The van der Waals surface area contributed by atoms with E-state index < -0.39 is 11.9 Å². The monoisotopic (exact) mass is 432 g/mol. The van der Waals surface area contributed by atoms with Crippen molar-refractivity contribution in [2.75, 3.05) is 0 Å². The Labute approximate surface area is 151 Å². The minimum atomic E-state index is -0.721. The van der Waals surface area contributed by atoms with Crippen molar-refractivity contribution in [2.24, 2.45) is 0 Å². The Morgan fingerprint density at radius 3 is 1.96 bits per heavy atom. The van der Waals surface area contributed by atoms with E-state index in [4.69, 9.17) is 10.2 Å². The zero-order chi connectivity index (χ0) is 17.1. The van der Waals surface area contributed by atoms with Gasteiger partial charge in [0, 0.05) is 16.4 Å². The summed E-state index contributed by atoms with van der Waals surface area (Å²) in [5.74, 6) is -1.44. The molecule has 0 fully saturated rings. The maximum Gasteiger partial charge on any atom is 0.303 e. The number of halogens is 1. The molecule has 0 radical (unpaired) electrons. The van der Waals surface area contributed by atoms with Gasteiger partial charge in [0.15, 0.2) is 0 Å². The predicted octanol–water partition coefficient (Wildman–Crippen LogP) is 4.67. The Balaban J connectivity index is 2.41. The van der Waals surface area contributed by atoms with Crippen LogP contribution in [0.5, 0.6) is 0 Å². The first kappa shape index (κ1) is 19.9. The second-order valence-corrected chi connectivity index (χ2v) is 6.95. The van der Waals surface area contributed by atoms with Crippen molar-refractivity contribution in [3.05, 3.63) is 32.9 Å². The van der Waals surface area contributed by atoms with Crippen LogP contribution in [0.2, 0.25) is 0 Å². The van der Waals surface area contributed by atoms with Crippen molar-refractivity contribution in [3.8, 4) is 0 Å². The van der Waals surface area contributed by atoms with Gasteiger partial charge in [0.25, 0.3) is 0 Å². The van der Waals surface area contributed by atoms with Gasteiger partial charge in [-0.05, 0) is 78.3 Å². The lowest BCUT2D eigenvalue weighted by molar-refractivity contribution is -0.138. The largest absolute Gasteiger partial charge is 0.481 e. The van der Waals surface area contributed by atoms with Crippen LogP contribution in [0.15, 0.2) is 18.2 Å². The molecule has 23 heavy (non-hydrogen) atoms. The third-order valence-corrected chi connectivity index (χ3v) is 4.88. The third-order valence-electron chi connectivity index (χ3n) is 3.87. The Bertz CT molecular complexity index is 514. The molecule has 0 spiro atoms. The quantitative estimate of drug-likeness (QED) is 0.372. The van der Waals surface area contributed by atoms with Crippen molar-refractivity contribution >= 4 is 34.5 Å². The van der Waals surface area contributed by atoms with Crippen LogP contribution in [0, 0.1) is 3.57 Å². The Hall–Kier alpha value is -1.11. The van der Waals surface area contributed by atoms with E-state index in [2.05, 4.69) is 40.8 Å². The van der Waals surface area contributed by atoms with Gasteiger partial charge in [-0.3, -0.25) is 9.59 Å². The molecule has 4 nitrogen and oxygen atoms in total. The number of carboxylic acids is 2. The number of benzene rings is 1. The average Bonchev–Trinajstić information content (AvgIpc) is 2.48. The first-order valence-electron chi connectivity index (χ1n) is 8.20. The Kier molecular flexibility index (Phi) is 9.91. The van der Waals surface area contributed by atoms with Crippen LogP contribution >= 0.6 is 22.6 Å². The van der Waals surface area contributed by atoms with Crippen LogP contribution < -0.4 is 0 Å². The highest BCUT2D eigenvalue weighted by atomic mass is 127. The summed E-state index contributed by atoms with van der Waals surface area (Å²) in [7, 11) is 0. The molecular formula is C18H25IO4. The number of carbonyl (C=O) groups is 2.